The van der Waals surface area contributed by atoms with Crippen molar-refractivity contribution in [2.45, 2.75) is 38.8 Å². The van der Waals surface area contributed by atoms with Crippen LogP contribution < -0.4 is 10.1 Å². The number of pyridine rings is 1. The van der Waals surface area contributed by atoms with Gasteiger partial charge >= 0.3 is 0 Å². The molecule has 5 heteroatoms. The number of rotatable bonds is 6. The van der Waals surface area contributed by atoms with Gasteiger partial charge in [-0.1, -0.05) is 30.4 Å². The van der Waals surface area contributed by atoms with Crippen molar-refractivity contribution < 1.29 is 4.74 Å². The molecule has 1 aliphatic rings. The van der Waals surface area contributed by atoms with Gasteiger partial charge in [-0.25, -0.2) is 9.67 Å². The van der Waals surface area contributed by atoms with Crippen LogP contribution in [-0.2, 0) is 6.54 Å². The Hall–Kier alpha value is -2.92. The largest absolute Gasteiger partial charge is 0.497 e. The molecule has 0 amide bonds. The summed E-state index contributed by atoms with van der Waals surface area (Å²) in [6.45, 7) is 5.07. The molecule has 0 spiro atoms. The van der Waals surface area contributed by atoms with E-state index in [2.05, 4.69) is 48.4 Å². The number of allylic oxidation sites excluding steroid dienone is 1. The third kappa shape index (κ3) is 3.71. The molecule has 4 rings (SSSR count). The van der Waals surface area contributed by atoms with Gasteiger partial charge in [0.2, 0.25) is 0 Å². The lowest BCUT2D eigenvalue weighted by Gasteiger charge is -2.15. The molecule has 2 atom stereocenters. The Bertz CT molecular complexity index is 960. The summed E-state index contributed by atoms with van der Waals surface area (Å²) in [5.74, 6) is 2.14. The lowest BCUT2D eigenvalue weighted by atomic mass is 9.96. The monoisotopic (exact) mass is 374 g/mol. The SMILES string of the molecule is COc1ccc(CNC2C=CC(c3c(C)nn(-c4ccccn4)c3C)C2)cc1. The second kappa shape index (κ2) is 7.98. The average Bonchev–Trinajstić information content (AvgIpc) is 3.31. The molecule has 0 saturated heterocycles. The molecule has 0 bridgehead atoms. The quantitative estimate of drug-likeness (QED) is 0.660. The van der Waals surface area contributed by atoms with Crippen molar-refractivity contribution in [2.24, 2.45) is 0 Å². The first kappa shape index (κ1) is 18.4. The Morgan fingerprint density at radius 3 is 2.64 bits per heavy atom. The standard InChI is InChI=1S/C23H26N4O/c1-16-23(17(2)27(26-16)22-6-4-5-13-24-22)19-9-10-20(14-19)25-15-18-7-11-21(28-3)12-8-18/h4-13,19-20,25H,14-15H2,1-3H3. The predicted octanol–water partition coefficient (Wildman–Crippen LogP) is 4.09. The van der Waals surface area contributed by atoms with Crippen LogP contribution in [0.4, 0.5) is 0 Å². The first-order valence-electron chi connectivity index (χ1n) is 9.68. The van der Waals surface area contributed by atoms with E-state index < -0.39 is 0 Å². The van der Waals surface area contributed by atoms with Crippen LogP contribution in [0.15, 0.2) is 60.8 Å². The normalized spacial score (nSPS) is 18.5. The van der Waals surface area contributed by atoms with E-state index in [-0.39, 0.29) is 0 Å². The fourth-order valence-corrected chi connectivity index (χ4v) is 3.95. The minimum absolute atomic E-state index is 0.365. The van der Waals surface area contributed by atoms with Crippen LogP contribution in [0.2, 0.25) is 0 Å². The van der Waals surface area contributed by atoms with Crippen LogP contribution in [0.5, 0.6) is 5.75 Å². The summed E-state index contributed by atoms with van der Waals surface area (Å²) in [6, 6.07) is 14.5. The van der Waals surface area contributed by atoms with Gasteiger partial charge in [0.15, 0.2) is 5.82 Å². The molecule has 3 aromatic rings. The second-order valence-corrected chi connectivity index (χ2v) is 7.25. The summed E-state index contributed by atoms with van der Waals surface area (Å²) in [4.78, 5) is 4.44. The van der Waals surface area contributed by atoms with Crippen LogP contribution in [0, 0.1) is 13.8 Å². The zero-order valence-corrected chi connectivity index (χ0v) is 16.6. The van der Waals surface area contributed by atoms with Crippen LogP contribution in [0.3, 0.4) is 0 Å². The van der Waals surface area contributed by atoms with Gasteiger partial charge in [-0.15, -0.1) is 0 Å². The molecule has 0 saturated carbocycles. The van der Waals surface area contributed by atoms with E-state index in [0.717, 1.165) is 30.2 Å². The third-order valence-corrected chi connectivity index (χ3v) is 5.40. The Labute approximate surface area is 166 Å². The summed E-state index contributed by atoms with van der Waals surface area (Å²) in [7, 11) is 1.69. The fraction of sp³-hybridized carbons (Fsp3) is 0.304. The highest BCUT2D eigenvalue weighted by molar-refractivity contribution is 5.38. The van der Waals surface area contributed by atoms with Gasteiger partial charge in [0.25, 0.3) is 0 Å². The Morgan fingerprint density at radius 1 is 1.11 bits per heavy atom. The fourth-order valence-electron chi connectivity index (χ4n) is 3.95. The number of methoxy groups -OCH3 is 1. The van der Waals surface area contributed by atoms with E-state index >= 15 is 0 Å². The van der Waals surface area contributed by atoms with Crippen molar-refractivity contribution >= 4 is 0 Å². The smallest absolute Gasteiger partial charge is 0.153 e. The molecule has 1 aliphatic carbocycles. The molecule has 1 N–H and O–H groups in total. The van der Waals surface area contributed by atoms with E-state index in [1.54, 1.807) is 13.3 Å². The molecule has 5 nitrogen and oxygen atoms in total. The Kier molecular flexibility index (Phi) is 5.26. The first-order chi connectivity index (χ1) is 13.7. The highest BCUT2D eigenvalue weighted by Crippen LogP contribution is 2.33. The number of nitrogens with zero attached hydrogens (tertiary/aromatic N) is 3. The van der Waals surface area contributed by atoms with Gasteiger partial charge in [-0.05, 0) is 50.1 Å². The van der Waals surface area contributed by atoms with Crippen molar-refractivity contribution in [2.75, 3.05) is 7.11 Å². The van der Waals surface area contributed by atoms with E-state index in [1.807, 2.05) is 35.0 Å². The Balaban J connectivity index is 1.43. The van der Waals surface area contributed by atoms with Crippen molar-refractivity contribution in [3.8, 4) is 11.6 Å². The predicted molar refractivity (Wildman–Crippen MR) is 111 cm³/mol. The van der Waals surface area contributed by atoms with Crippen LogP contribution >= 0.6 is 0 Å². The van der Waals surface area contributed by atoms with Crippen molar-refractivity contribution in [1.29, 1.82) is 0 Å². The van der Waals surface area contributed by atoms with Gasteiger partial charge < -0.3 is 10.1 Å². The molecule has 1 aromatic carbocycles. The number of benzene rings is 1. The topological polar surface area (TPSA) is 52.0 Å². The van der Waals surface area contributed by atoms with E-state index in [0.29, 0.717) is 12.0 Å². The lowest BCUT2D eigenvalue weighted by molar-refractivity contribution is 0.414. The zero-order valence-electron chi connectivity index (χ0n) is 16.6. The highest BCUT2D eigenvalue weighted by atomic mass is 16.5. The van der Waals surface area contributed by atoms with Gasteiger partial charge in [-0.2, -0.15) is 5.10 Å². The minimum atomic E-state index is 0.365. The maximum atomic E-state index is 5.22. The number of ether oxygens (including phenoxy) is 1. The summed E-state index contributed by atoms with van der Waals surface area (Å²) in [6.07, 6.45) is 7.45. The molecule has 0 fully saturated rings. The second-order valence-electron chi connectivity index (χ2n) is 7.25. The lowest BCUT2D eigenvalue weighted by Crippen LogP contribution is -2.25. The van der Waals surface area contributed by atoms with Crippen molar-refractivity contribution in [1.82, 2.24) is 20.1 Å². The summed E-state index contributed by atoms with van der Waals surface area (Å²) in [5, 5.41) is 8.39. The zero-order chi connectivity index (χ0) is 19.5. The first-order valence-corrected chi connectivity index (χ1v) is 9.68. The van der Waals surface area contributed by atoms with E-state index in [9.17, 15) is 0 Å². The van der Waals surface area contributed by atoms with Gasteiger partial charge in [0.1, 0.15) is 5.75 Å². The molecular formula is C23H26N4O. The van der Waals surface area contributed by atoms with Crippen LogP contribution in [-0.4, -0.2) is 27.9 Å². The summed E-state index contributed by atoms with van der Waals surface area (Å²) in [5.41, 5.74) is 4.82. The molecule has 144 valence electrons. The Morgan fingerprint density at radius 2 is 1.93 bits per heavy atom. The minimum Gasteiger partial charge on any atom is -0.497 e. The number of hydrogen-bond acceptors (Lipinski definition) is 4. The maximum Gasteiger partial charge on any atom is 0.153 e. The van der Waals surface area contributed by atoms with E-state index in [4.69, 9.17) is 9.84 Å². The highest BCUT2D eigenvalue weighted by Gasteiger charge is 2.26. The summed E-state index contributed by atoms with van der Waals surface area (Å²) >= 11 is 0. The van der Waals surface area contributed by atoms with Gasteiger partial charge in [-0.3, -0.25) is 0 Å². The molecule has 28 heavy (non-hydrogen) atoms. The molecule has 2 heterocycles. The molecular weight excluding hydrogens is 348 g/mol. The van der Waals surface area contributed by atoms with Crippen molar-refractivity contribution in [3.63, 3.8) is 0 Å². The molecule has 0 aliphatic heterocycles. The number of nitrogens with one attached hydrogen (secondary N) is 1. The van der Waals surface area contributed by atoms with Gasteiger partial charge in [0.05, 0.1) is 12.8 Å². The number of hydrogen-bond donors (Lipinski definition) is 1. The number of aromatic nitrogens is 3. The average molecular weight is 374 g/mol. The number of aryl methyl sites for hydroxylation is 1. The van der Waals surface area contributed by atoms with Crippen molar-refractivity contribution in [3.05, 3.63) is 83.3 Å². The maximum absolute atomic E-state index is 5.22. The van der Waals surface area contributed by atoms with Crippen LogP contribution in [0.1, 0.15) is 34.9 Å². The summed E-state index contributed by atoms with van der Waals surface area (Å²) < 4.78 is 7.18. The van der Waals surface area contributed by atoms with Crippen LogP contribution in [0.25, 0.3) is 5.82 Å². The molecule has 2 aromatic heterocycles. The van der Waals surface area contributed by atoms with Gasteiger partial charge in [0, 0.05) is 36.0 Å². The van der Waals surface area contributed by atoms with E-state index in [1.165, 1.54) is 16.8 Å². The molecule has 0 radical (unpaired) electrons. The molecule has 2 unspecified atom stereocenters. The third-order valence-electron chi connectivity index (χ3n) is 5.40.